The first-order chi connectivity index (χ1) is 11.9. The highest BCUT2D eigenvalue weighted by Crippen LogP contribution is 2.23. The number of carbonyl (C=O) groups is 2. The summed E-state index contributed by atoms with van der Waals surface area (Å²) in [5, 5.41) is 2.70. The molecule has 1 aliphatic rings. The molecule has 1 heterocycles. The summed E-state index contributed by atoms with van der Waals surface area (Å²) < 4.78 is 35.7. The SMILES string of the molecule is COC(=O)/C=C(/Nc1cccc(S(=O)(=O)N2CCCC2)c1)C(=O)OC. The molecular weight excluding hydrogens is 348 g/mol. The van der Waals surface area contributed by atoms with E-state index in [9.17, 15) is 18.0 Å². The number of methoxy groups -OCH3 is 2. The lowest BCUT2D eigenvalue weighted by Crippen LogP contribution is -2.27. The molecule has 1 N–H and O–H groups in total. The summed E-state index contributed by atoms with van der Waals surface area (Å²) in [6, 6.07) is 6.03. The zero-order valence-corrected chi connectivity index (χ0v) is 14.8. The van der Waals surface area contributed by atoms with Crippen LogP contribution in [0.4, 0.5) is 5.69 Å². The van der Waals surface area contributed by atoms with Gasteiger partial charge in [-0.2, -0.15) is 4.31 Å². The predicted molar refractivity (Wildman–Crippen MR) is 90.2 cm³/mol. The molecule has 0 aliphatic carbocycles. The van der Waals surface area contributed by atoms with Gasteiger partial charge >= 0.3 is 11.9 Å². The van der Waals surface area contributed by atoms with Crippen molar-refractivity contribution in [3.8, 4) is 0 Å². The average molecular weight is 368 g/mol. The molecule has 1 fully saturated rings. The van der Waals surface area contributed by atoms with Gasteiger partial charge in [0.05, 0.1) is 25.2 Å². The first-order valence-electron chi connectivity index (χ1n) is 7.63. The van der Waals surface area contributed by atoms with E-state index in [4.69, 9.17) is 0 Å². The number of benzene rings is 1. The number of sulfonamides is 1. The molecule has 0 bridgehead atoms. The van der Waals surface area contributed by atoms with Gasteiger partial charge < -0.3 is 14.8 Å². The van der Waals surface area contributed by atoms with Crippen molar-refractivity contribution in [3.63, 3.8) is 0 Å². The number of hydrogen-bond acceptors (Lipinski definition) is 7. The van der Waals surface area contributed by atoms with E-state index in [1.807, 2.05) is 0 Å². The molecule has 0 unspecified atom stereocenters. The molecule has 136 valence electrons. The van der Waals surface area contributed by atoms with Crippen LogP contribution >= 0.6 is 0 Å². The predicted octanol–water partition coefficient (Wildman–Crippen LogP) is 1.11. The molecule has 1 saturated heterocycles. The Kier molecular flexibility index (Phi) is 6.16. The van der Waals surface area contributed by atoms with Crippen LogP contribution < -0.4 is 5.32 Å². The van der Waals surface area contributed by atoms with Crippen molar-refractivity contribution in [1.29, 1.82) is 0 Å². The highest BCUT2D eigenvalue weighted by Gasteiger charge is 2.27. The summed E-state index contributed by atoms with van der Waals surface area (Å²) in [6.45, 7) is 0.991. The Morgan fingerprint density at radius 1 is 1.16 bits per heavy atom. The summed E-state index contributed by atoms with van der Waals surface area (Å²) in [4.78, 5) is 23.3. The fourth-order valence-corrected chi connectivity index (χ4v) is 3.96. The van der Waals surface area contributed by atoms with Gasteiger partial charge in [0, 0.05) is 18.8 Å². The van der Waals surface area contributed by atoms with Crippen LogP contribution in [0, 0.1) is 0 Å². The second kappa shape index (κ2) is 8.13. The Bertz CT molecular complexity index is 782. The van der Waals surface area contributed by atoms with Crippen LogP contribution in [0.5, 0.6) is 0 Å². The van der Waals surface area contributed by atoms with Gasteiger partial charge in [-0.25, -0.2) is 18.0 Å². The Hall–Kier alpha value is -2.39. The van der Waals surface area contributed by atoms with Gasteiger partial charge in [0.2, 0.25) is 10.0 Å². The molecule has 0 spiro atoms. The smallest absolute Gasteiger partial charge is 0.354 e. The zero-order valence-electron chi connectivity index (χ0n) is 14.0. The van der Waals surface area contributed by atoms with E-state index in [0.717, 1.165) is 18.9 Å². The molecule has 2 rings (SSSR count). The minimum atomic E-state index is -3.58. The first-order valence-corrected chi connectivity index (χ1v) is 9.07. The number of rotatable bonds is 6. The standard InChI is InChI=1S/C16H20N2O6S/c1-23-15(19)11-14(16(20)24-2)17-12-6-5-7-13(10-12)25(21,22)18-8-3-4-9-18/h5-7,10-11,17H,3-4,8-9H2,1-2H3/b14-11+. The summed E-state index contributed by atoms with van der Waals surface area (Å²) >= 11 is 0. The largest absolute Gasteiger partial charge is 0.466 e. The summed E-state index contributed by atoms with van der Waals surface area (Å²) in [7, 11) is -1.24. The molecule has 0 atom stereocenters. The lowest BCUT2D eigenvalue weighted by molar-refractivity contribution is -0.138. The number of carbonyl (C=O) groups excluding carboxylic acids is 2. The zero-order chi connectivity index (χ0) is 18.4. The number of esters is 2. The van der Waals surface area contributed by atoms with Gasteiger partial charge in [-0.15, -0.1) is 0 Å². The van der Waals surface area contributed by atoms with E-state index in [-0.39, 0.29) is 10.6 Å². The average Bonchev–Trinajstić information content (AvgIpc) is 3.16. The lowest BCUT2D eigenvalue weighted by atomic mass is 10.3. The molecule has 0 radical (unpaired) electrons. The fraction of sp³-hybridized carbons (Fsp3) is 0.375. The Morgan fingerprint density at radius 3 is 2.44 bits per heavy atom. The summed E-state index contributed by atoms with van der Waals surface area (Å²) in [6.07, 6.45) is 2.62. The minimum Gasteiger partial charge on any atom is -0.466 e. The maximum Gasteiger partial charge on any atom is 0.354 e. The summed E-state index contributed by atoms with van der Waals surface area (Å²) in [5.74, 6) is -1.52. The van der Waals surface area contributed by atoms with Crippen LogP contribution in [0.1, 0.15) is 12.8 Å². The fourth-order valence-electron chi connectivity index (χ4n) is 2.40. The molecule has 1 aliphatic heterocycles. The topological polar surface area (TPSA) is 102 Å². The van der Waals surface area contributed by atoms with E-state index in [1.54, 1.807) is 12.1 Å². The van der Waals surface area contributed by atoms with E-state index >= 15 is 0 Å². The third kappa shape index (κ3) is 4.58. The van der Waals surface area contributed by atoms with Crippen LogP contribution in [0.25, 0.3) is 0 Å². The Morgan fingerprint density at radius 2 is 1.84 bits per heavy atom. The van der Waals surface area contributed by atoms with Crippen molar-refractivity contribution in [2.75, 3.05) is 32.6 Å². The minimum absolute atomic E-state index is 0.113. The highest BCUT2D eigenvalue weighted by atomic mass is 32.2. The van der Waals surface area contributed by atoms with Crippen molar-refractivity contribution in [1.82, 2.24) is 4.31 Å². The van der Waals surface area contributed by atoms with E-state index in [1.165, 1.54) is 30.7 Å². The molecular formula is C16H20N2O6S. The first kappa shape index (κ1) is 18.9. The molecule has 1 aromatic carbocycles. The van der Waals surface area contributed by atoms with Crippen molar-refractivity contribution < 1.29 is 27.5 Å². The van der Waals surface area contributed by atoms with Crippen LogP contribution in [0.15, 0.2) is 40.9 Å². The number of anilines is 1. The number of nitrogens with one attached hydrogen (secondary N) is 1. The quantitative estimate of drug-likeness (QED) is 0.593. The number of ether oxygens (including phenoxy) is 2. The third-order valence-corrected chi connectivity index (χ3v) is 5.58. The molecule has 1 aromatic rings. The van der Waals surface area contributed by atoms with Crippen molar-refractivity contribution in [3.05, 3.63) is 36.0 Å². The number of hydrogen-bond donors (Lipinski definition) is 1. The molecule has 0 aromatic heterocycles. The molecule has 8 nitrogen and oxygen atoms in total. The van der Waals surface area contributed by atoms with Crippen LogP contribution in [0.2, 0.25) is 0 Å². The van der Waals surface area contributed by atoms with Gasteiger partial charge in [-0.1, -0.05) is 6.07 Å². The van der Waals surface area contributed by atoms with Crippen LogP contribution in [-0.4, -0.2) is 52.0 Å². The lowest BCUT2D eigenvalue weighted by Gasteiger charge is -2.16. The van der Waals surface area contributed by atoms with Gasteiger partial charge in [0.15, 0.2) is 0 Å². The van der Waals surface area contributed by atoms with Crippen LogP contribution in [0.3, 0.4) is 0 Å². The highest BCUT2D eigenvalue weighted by molar-refractivity contribution is 7.89. The molecule has 0 saturated carbocycles. The van der Waals surface area contributed by atoms with Gasteiger partial charge in [-0.05, 0) is 31.0 Å². The van der Waals surface area contributed by atoms with Gasteiger partial charge in [0.25, 0.3) is 0 Å². The van der Waals surface area contributed by atoms with Crippen LogP contribution in [-0.2, 0) is 29.1 Å². The third-order valence-electron chi connectivity index (χ3n) is 3.68. The Labute approximate surface area is 146 Å². The van der Waals surface area contributed by atoms with E-state index in [2.05, 4.69) is 14.8 Å². The summed E-state index contributed by atoms with van der Waals surface area (Å²) in [5.41, 5.74) is 0.172. The second-order valence-electron chi connectivity index (χ2n) is 5.34. The maximum atomic E-state index is 12.6. The monoisotopic (exact) mass is 368 g/mol. The van der Waals surface area contributed by atoms with Crippen molar-refractivity contribution in [2.24, 2.45) is 0 Å². The van der Waals surface area contributed by atoms with Gasteiger partial charge in [0.1, 0.15) is 5.70 Å². The van der Waals surface area contributed by atoms with Crippen molar-refractivity contribution >= 4 is 27.6 Å². The molecule has 9 heteroatoms. The molecule has 0 amide bonds. The molecule has 25 heavy (non-hydrogen) atoms. The second-order valence-corrected chi connectivity index (χ2v) is 7.27. The Balaban J connectivity index is 2.29. The normalized spacial score (nSPS) is 15.7. The number of nitrogens with zero attached hydrogens (tertiary/aromatic N) is 1. The van der Waals surface area contributed by atoms with E-state index in [0.29, 0.717) is 18.8 Å². The maximum absolute atomic E-state index is 12.6. The van der Waals surface area contributed by atoms with Gasteiger partial charge in [-0.3, -0.25) is 0 Å². The van der Waals surface area contributed by atoms with Crippen molar-refractivity contribution in [2.45, 2.75) is 17.7 Å². The van der Waals surface area contributed by atoms with E-state index < -0.39 is 22.0 Å².